The fraction of sp³-hybridized carbons (Fsp3) is 0.500. The Bertz CT molecular complexity index is 811. The van der Waals surface area contributed by atoms with Crippen LogP contribution in [0.2, 0.25) is 10.0 Å². The molecule has 0 saturated heterocycles. The lowest BCUT2D eigenvalue weighted by atomic mass is 10.0. The number of hydrogen-bond acceptors (Lipinski definition) is 5. The number of carbonyl (C=O) groups excluding carboxylic acids is 1. The number of amides is 1. The topological polar surface area (TPSA) is 71.9 Å². The van der Waals surface area contributed by atoms with Gasteiger partial charge in [-0.2, -0.15) is 8.78 Å². The Kier molecular flexibility index (Phi) is 8.05. The lowest BCUT2D eigenvalue weighted by Gasteiger charge is -2.28. The van der Waals surface area contributed by atoms with Crippen molar-refractivity contribution in [2.45, 2.75) is 38.4 Å². The predicted octanol–water partition coefficient (Wildman–Crippen LogP) is 4.35. The number of rotatable bonds is 10. The molecule has 0 aliphatic heterocycles. The van der Waals surface area contributed by atoms with Crippen LogP contribution in [-0.4, -0.2) is 48.5 Å². The van der Waals surface area contributed by atoms with Gasteiger partial charge in [-0.1, -0.05) is 29.3 Å². The number of nitrogens with zero attached hydrogens (tertiary/aromatic N) is 2. The van der Waals surface area contributed by atoms with E-state index in [2.05, 4.69) is 9.72 Å². The molecule has 0 radical (unpaired) electrons. The fourth-order valence-corrected chi connectivity index (χ4v) is 3.61. The summed E-state index contributed by atoms with van der Waals surface area (Å²) in [7, 11) is 0. The number of carbonyl (C=O) groups is 1. The monoisotopic (exact) mass is 462 g/mol. The van der Waals surface area contributed by atoms with E-state index in [0.717, 1.165) is 12.8 Å². The minimum atomic E-state index is -2.95. The van der Waals surface area contributed by atoms with Gasteiger partial charge in [0.25, 0.3) is 5.91 Å². The van der Waals surface area contributed by atoms with E-state index in [1.165, 1.54) is 29.4 Å². The van der Waals surface area contributed by atoms with Gasteiger partial charge in [0.15, 0.2) is 0 Å². The van der Waals surface area contributed by atoms with Gasteiger partial charge in [0, 0.05) is 37.5 Å². The van der Waals surface area contributed by atoms with Crippen molar-refractivity contribution < 1.29 is 28.2 Å². The normalized spacial score (nSPS) is 18.8. The molecule has 1 fully saturated rings. The van der Waals surface area contributed by atoms with Gasteiger partial charge in [-0.25, -0.2) is 0 Å². The summed E-state index contributed by atoms with van der Waals surface area (Å²) >= 11 is 12.4. The van der Waals surface area contributed by atoms with Crippen LogP contribution in [0, 0.1) is 5.92 Å². The number of pyridine rings is 1. The van der Waals surface area contributed by atoms with Crippen molar-refractivity contribution in [3.8, 4) is 0 Å². The maximum atomic E-state index is 13.3. The van der Waals surface area contributed by atoms with Crippen molar-refractivity contribution in [1.29, 1.82) is 0 Å². The van der Waals surface area contributed by atoms with Crippen LogP contribution in [0.4, 0.5) is 14.5 Å². The molecule has 2 aliphatic carbocycles. The second kappa shape index (κ2) is 10.5. The van der Waals surface area contributed by atoms with Gasteiger partial charge in [-0.05, 0) is 31.3 Å². The highest BCUT2D eigenvalue weighted by atomic mass is 35.5. The van der Waals surface area contributed by atoms with Gasteiger partial charge in [-0.3, -0.25) is 9.78 Å². The summed E-state index contributed by atoms with van der Waals surface area (Å²) in [4.78, 5) is 18.5. The van der Waals surface area contributed by atoms with E-state index in [-0.39, 0.29) is 46.6 Å². The predicted molar refractivity (Wildman–Crippen MR) is 109 cm³/mol. The van der Waals surface area contributed by atoms with Crippen molar-refractivity contribution in [2.75, 3.05) is 24.7 Å². The maximum absolute atomic E-state index is 13.3. The molecule has 6 nitrogen and oxygen atoms in total. The Hall–Kier alpha value is -1.74. The molecular weight excluding hydrogens is 441 g/mol. The summed E-state index contributed by atoms with van der Waals surface area (Å²) in [5, 5.41) is 9.59. The highest BCUT2D eigenvalue weighted by molar-refractivity contribution is 6.40. The summed E-state index contributed by atoms with van der Waals surface area (Å²) in [6, 6.07) is 0. The molecule has 2 aliphatic rings. The van der Waals surface area contributed by atoms with Gasteiger partial charge < -0.3 is 19.5 Å². The number of ether oxygens (including phenoxy) is 2. The van der Waals surface area contributed by atoms with Crippen LogP contribution < -0.4 is 4.90 Å². The number of aliphatic hydroxyl groups excluding tert-OH is 1. The third-order valence-electron chi connectivity index (χ3n) is 4.75. The molecule has 1 amide bonds. The van der Waals surface area contributed by atoms with E-state index in [1.54, 1.807) is 0 Å². The highest BCUT2D eigenvalue weighted by Gasteiger charge is 2.31. The van der Waals surface area contributed by atoms with Crippen molar-refractivity contribution in [2.24, 2.45) is 5.92 Å². The standard InChI is InChI=1S/C20H22Cl2F2N2O4/c21-14-9-25-10-15(22)18(14)26(6-1-7-27)19(28)13-4-5-16(30-20(23)24)17(8-13)29-11-12-2-3-12/h4,8-10,12,16,20,27H,1-3,5-7,11H2. The molecule has 30 heavy (non-hydrogen) atoms. The Morgan fingerprint density at radius 2 is 2.00 bits per heavy atom. The van der Waals surface area contributed by atoms with E-state index in [4.69, 9.17) is 27.9 Å². The van der Waals surface area contributed by atoms with Crippen LogP contribution in [-0.2, 0) is 14.3 Å². The molecule has 1 N–H and O–H groups in total. The smallest absolute Gasteiger partial charge is 0.346 e. The van der Waals surface area contributed by atoms with Crippen LogP contribution >= 0.6 is 23.2 Å². The molecule has 1 unspecified atom stereocenters. The van der Waals surface area contributed by atoms with Gasteiger partial charge >= 0.3 is 6.61 Å². The largest absolute Gasteiger partial charge is 0.495 e. The van der Waals surface area contributed by atoms with Crippen LogP contribution in [0.5, 0.6) is 0 Å². The van der Waals surface area contributed by atoms with E-state index in [0.29, 0.717) is 18.9 Å². The van der Waals surface area contributed by atoms with E-state index < -0.39 is 18.6 Å². The quantitative estimate of drug-likeness (QED) is 0.559. The highest BCUT2D eigenvalue weighted by Crippen LogP contribution is 2.35. The zero-order chi connectivity index (χ0) is 21.7. The zero-order valence-electron chi connectivity index (χ0n) is 16.1. The van der Waals surface area contributed by atoms with Gasteiger partial charge in [0.2, 0.25) is 0 Å². The van der Waals surface area contributed by atoms with Gasteiger partial charge in [0.05, 0.1) is 22.3 Å². The lowest BCUT2D eigenvalue weighted by Crippen LogP contribution is -2.35. The van der Waals surface area contributed by atoms with Crippen molar-refractivity contribution in [1.82, 2.24) is 4.98 Å². The third-order valence-corrected chi connectivity index (χ3v) is 5.30. The number of halogens is 4. The first-order chi connectivity index (χ1) is 14.4. The maximum Gasteiger partial charge on any atom is 0.346 e. The number of alkyl halides is 2. The zero-order valence-corrected chi connectivity index (χ0v) is 17.6. The first-order valence-corrected chi connectivity index (χ1v) is 10.4. The Morgan fingerprint density at radius 1 is 1.30 bits per heavy atom. The molecular formula is C20H22Cl2F2N2O4. The first kappa shape index (κ1) is 22.9. The summed E-state index contributed by atoms with van der Waals surface area (Å²) in [5.74, 6) is 0.155. The second-order valence-electron chi connectivity index (χ2n) is 7.07. The number of anilines is 1. The van der Waals surface area contributed by atoms with Crippen molar-refractivity contribution >= 4 is 34.8 Å². The molecule has 3 rings (SSSR count). The van der Waals surface area contributed by atoms with Crippen molar-refractivity contribution in [3.05, 3.63) is 45.9 Å². The molecule has 164 valence electrons. The summed E-state index contributed by atoms with van der Waals surface area (Å²) < 4.78 is 35.9. The molecule has 0 bridgehead atoms. The molecule has 10 heteroatoms. The lowest BCUT2D eigenvalue weighted by molar-refractivity contribution is -0.162. The third kappa shape index (κ3) is 5.91. The minimum absolute atomic E-state index is 0.0631. The average Bonchev–Trinajstić information content (AvgIpc) is 3.53. The van der Waals surface area contributed by atoms with Gasteiger partial charge in [-0.15, -0.1) is 0 Å². The summed E-state index contributed by atoms with van der Waals surface area (Å²) in [6.07, 6.45) is 7.14. The molecule has 1 atom stereocenters. The molecule has 1 saturated carbocycles. The molecule has 0 aromatic carbocycles. The number of aromatic nitrogens is 1. The molecule has 0 spiro atoms. The van der Waals surface area contributed by atoms with Crippen LogP contribution in [0.15, 0.2) is 35.9 Å². The van der Waals surface area contributed by atoms with Gasteiger partial charge in [0.1, 0.15) is 11.9 Å². The van der Waals surface area contributed by atoms with E-state index in [1.807, 2.05) is 0 Å². The van der Waals surface area contributed by atoms with Crippen LogP contribution in [0.1, 0.15) is 25.7 Å². The van der Waals surface area contributed by atoms with Crippen LogP contribution in [0.3, 0.4) is 0 Å². The Labute approximate surface area is 183 Å². The fourth-order valence-electron chi connectivity index (χ4n) is 3.05. The number of hydrogen-bond donors (Lipinski definition) is 1. The van der Waals surface area contributed by atoms with E-state index in [9.17, 15) is 18.7 Å². The Balaban J connectivity index is 1.86. The van der Waals surface area contributed by atoms with E-state index >= 15 is 0 Å². The van der Waals surface area contributed by atoms with Crippen LogP contribution in [0.25, 0.3) is 0 Å². The SMILES string of the molecule is O=C(C1=CCC(OC(F)F)C(OCC2CC2)=C1)N(CCCO)c1c(Cl)cncc1Cl. The average molecular weight is 463 g/mol. The number of aliphatic hydroxyl groups is 1. The summed E-state index contributed by atoms with van der Waals surface area (Å²) in [5.41, 5.74) is 0.518. The molecule has 1 heterocycles. The molecule has 1 aromatic rings. The Morgan fingerprint density at radius 3 is 2.60 bits per heavy atom. The van der Waals surface area contributed by atoms with Crippen molar-refractivity contribution in [3.63, 3.8) is 0 Å². The second-order valence-corrected chi connectivity index (χ2v) is 7.88. The summed E-state index contributed by atoms with van der Waals surface area (Å²) in [6.45, 7) is -2.55. The first-order valence-electron chi connectivity index (χ1n) is 9.60. The minimum Gasteiger partial charge on any atom is -0.495 e. The molecule has 1 aromatic heterocycles.